The van der Waals surface area contributed by atoms with Crippen molar-refractivity contribution in [2.75, 3.05) is 12.3 Å². The molecule has 3 atom stereocenters. The molecule has 1 fully saturated rings. The molecule has 2 N–H and O–H groups in total. The SMILES string of the molecule is CC(=O)OC[C@@H]1C[C@@H](C(OC(C)(C)C)(c2ccccc2)c2ccccc2)O[C@H]1n1ccc(N)nc1=O. The van der Waals surface area contributed by atoms with Gasteiger partial charge in [0.15, 0.2) is 0 Å². The maximum atomic E-state index is 12.8. The second kappa shape index (κ2) is 10.2. The van der Waals surface area contributed by atoms with Crippen LogP contribution >= 0.6 is 0 Å². The highest BCUT2D eigenvalue weighted by Gasteiger charge is 2.53. The van der Waals surface area contributed by atoms with Gasteiger partial charge in [-0.1, -0.05) is 60.7 Å². The van der Waals surface area contributed by atoms with E-state index in [2.05, 4.69) is 4.98 Å². The van der Waals surface area contributed by atoms with Crippen molar-refractivity contribution in [3.8, 4) is 0 Å². The quantitative estimate of drug-likeness (QED) is 0.497. The highest BCUT2D eigenvalue weighted by atomic mass is 16.6. The molecular formula is C28H33N3O5. The lowest BCUT2D eigenvalue weighted by Gasteiger charge is -2.44. The van der Waals surface area contributed by atoms with Crippen molar-refractivity contribution in [1.82, 2.24) is 9.55 Å². The first-order valence-electron chi connectivity index (χ1n) is 12.0. The predicted octanol–water partition coefficient (Wildman–Crippen LogP) is 4.05. The fraction of sp³-hybridized carbons (Fsp3) is 0.393. The molecule has 1 aliphatic rings. The van der Waals surface area contributed by atoms with Gasteiger partial charge in [-0.05, 0) is 44.4 Å². The fourth-order valence-corrected chi connectivity index (χ4v) is 4.85. The molecule has 0 unspecified atom stereocenters. The number of esters is 1. The number of carbonyl (C=O) groups excluding carboxylic acids is 1. The molecule has 190 valence electrons. The summed E-state index contributed by atoms with van der Waals surface area (Å²) in [6.07, 6.45) is 0.784. The number of hydrogen-bond donors (Lipinski definition) is 1. The zero-order valence-electron chi connectivity index (χ0n) is 21.1. The van der Waals surface area contributed by atoms with Crippen LogP contribution in [0.25, 0.3) is 0 Å². The summed E-state index contributed by atoms with van der Waals surface area (Å²) in [4.78, 5) is 28.3. The number of aromatic nitrogens is 2. The number of nitrogens with two attached hydrogens (primary N) is 1. The van der Waals surface area contributed by atoms with Crippen molar-refractivity contribution < 1.29 is 19.0 Å². The molecule has 0 amide bonds. The van der Waals surface area contributed by atoms with Crippen molar-refractivity contribution in [1.29, 1.82) is 0 Å². The number of nitrogen functional groups attached to an aromatic ring is 1. The Labute approximate surface area is 211 Å². The summed E-state index contributed by atoms with van der Waals surface area (Å²) in [6.45, 7) is 7.46. The zero-order chi connectivity index (χ0) is 25.9. The molecule has 1 aromatic heterocycles. The van der Waals surface area contributed by atoms with E-state index in [1.165, 1.54) is 11.5 Å². The average molecular weight is 492 g/mol. The normalized spacial score (nSPS) is 20.3. The number of carbonyl (C=O) groups is 1. The Morgan fingerprint density at radius 1 is 1.06 bits per heavy atom. The van der Waals surface area contributed by atoms with Gasteiger partial charge in [0.1, 0.15) is 17.6 Å². The van der Waals surface area contributed by atoms with Crippen molar-refractivity contribution in [2.24, 2.45) is 5.92 Å². The predicted molar refractivity (Wildman–Crippen MR) is 136 cm³/mol. The van der Waals surface area contributed by atoms with E-state index >= 15 is 0 Å². The first-order chi connectivity index (χ1) is 17.1. The van der Waals surface area contributed by atoms with Gasteiger partial charge in [0.05, 0.1) is 18.3 Å². The Kier molecular flexibility index (Phi) is 7.28. The minimum absolute atomic E-state index is 0.0858. The smallest absolute Gasteiger partial charge is 0.351 e. The van der Waals surface area contributed by atoms with Crippen LogP contribution in [0.4, 0.5) is 5.82 Å². The summed E-state index contributed by atoms with van der Waals surface area (Å²) in [7, 11) is 0. The Morgan fingerprint density at radius 2 is 1.64 bits per heavy atom. The molecule has 0 radical (unpaired) electrons. The summed E-state index contributed by atoms with van der Waals surface area (Å²) >= 11 is 0. The second-order valence-electron chi connectivity index (χ2n) is 10.0. The standard InChI is InChI=1S/C28H33N3O5/c1-19(32)34-18-20-17-23(35-25(20)31-16-15-24(29)30-26(31)33)28(36-27(2,3)4,21-11-7-5-8-12-21)22-13-9-6-10-14-22/h5-16,20,23,25H,17-18H2,1-4H3,(H2,29,30,33)/t20-,23-,25+/m0/s1. The van der Waals surface area contributed by atoms with E-state index in [1.807, 2.05) is 81.4 Å². The van der Waals surface area contributed by atoms with Crippen LogP contribution < -0.4 is 11.4 Å². The number of nitrogens with zero attached hydrogens (tertiary/aromatic N) is 2. The van der Waals surface area contributed by atoms with Crippen LogP contribution in [0.1, 0.15) is 51.5 Å². The lowest BCUT2D eigenvalue weighted by molar-refractivity contribution is -0.186. The summed E-state index contributed by atoms with van der Waals surface area (Å²) in [5.41, 5.74) is 5.49. The van der Waals surface area contributed by atoms with Crippen LogP contribution in [-0.2, 0) is 24.6 Å². The highest BCUT2D eigenvalue weighted by molar-refractivity contribution is 5.65. The third-order valence-electron chi connectivity index (χ3n) is 6.18. The van der Waals surface area contributed by atoms with Crippen LogP contribution in [0.2, 0.25) is 0 Å². The summed E-state index contributed by atoms with van der Waals surface area (Å²) in [5, 5.41) is 0. The second-order valence-corrected chi connectivity index (χ2v) is 10.0. The Hall–Kier alpha value is -3.49. The van der Waals surface area contributed by atoms with Gasteiger partial charge in [0, 0.05) is 19.0 Å². The van der Waals surface area contributed by atoms with Crippen LogP contribution in [0.15, 0.2) is 77.7 Å². The van der Waals surface area contributed by atoms with E-state index in [-0.39, 0.29) is 18.3 Å². The Bertz CT molecular complexity index is 1200. The minimum atomic E-state index is -1.01. The Morgan fingerprint density at radius 3 is 2.14 bits per heavy atom. The molecule has 8 nitrogen and oxygen atoms in total. The number of ether oxygens (including phenoxy) is 3. The number of hydrogen-bond acceptors (Lipinski definition) is 7. The molecule has 1 saturated heterocycles. The van der Waals surface area contributed by atoms with Crippen molar-refractivity contribution >= 4 is 11.8 Å². The topological polar surface area (TPSA) is 106 Å². The zero-order valence-corrected chi connectivity index (χ0v) is 21.1. The van der Waals surface area contributed by atoms with Crippen molar-refractivity contribution in [2.45, 2.75) is 57.6 Å². The molecule has 4 rings (SSSR count). The fourth-order valence-electron chi connectivity index (χ4n) is 4.85. The minimum Gasteiger partial charge on any atom is -0.465 e. The summed E-state index contributed by atoms with van der Waals surface area (Å²) in [5.74, 6) is -0.595. The van der Waals surface area contributed by atoms with E-state index in [4.69, 9.17) is 19.9 Å². The maximum Gasteiger partial charge on any atom is 0.351 e. The van der Waals surface area contributed by atoms with Gasteiger partial charge >= 0.3 is 11.7 Å². The number of benzene rings is 2. The number of anilines is 1. The molecule has 0 saturated carbocycles. The first-order valence-corrected chi connectivity index (χ1v) is 12.0. The molecule has 36 heavy (non-hydrogen) atoms. The van der Waals surface area contributed by atoms with Crippen molar-refractivity contribution in [3.63, 3.8) is 0 Å². The molecule has 1 aliphatic heterocycles. The molecule has 0 bridgehead atoms. The van der Waals surface area contributed by atoms with Crippen LogP contribution in [0.3, 0.4) is 0 Å². The monoisotopic (exact) mass is 491 g/mol. The van der Waals surface area contributed by atoms with Gasteiger partial charge < -0.3 is 19.9 Å². The molecule has 0 spiro atoms. The summed E-state index contributed by atoms with van der Waals surface area (Å²) < 4.78 is 20.4. The van der Waals surface area contributed by atoms with E-state index < -0.39 is 35.2 Å². The van der Waals surface area contributed by atoms with Gasteiger partial charge in [-0.2, -0.15) is 4.98 Å². The first kappa shape index (κ1) is 25.6. The molecular weight excluding hydrogens is 458 g/mol. The van der Waals surface area contributed by atoms with Gasteiger partial charge in [-0.25, -0.2) is 4.79 Å². The largest absolute Gasteiger partial charge is 0.465 e. The van der Waals surface area contributed by atoms with E-state index in [0.717, 1.165) is 11.1 Å². The van der Waals surface area contributed by atoms with Crippen LogP contribution in [-0.4, -0.2) is 33.8 Å². The molecule has 8 heteroatoms. The third kappa shape index (κ3) is 5.34. The van der Waals surface area contributed by atoms with Crippen LogP contribution in [0, 0.1) is 5.92 Å². The molecule has 2 aromatic carbocycles. The average Bonchev–Trinajstić information content (AvgIpc) is 3.26. The number of rotatable bonds is 7. The highest BCUT2D eigenvalue weighted by Crippen LogP contribution is 2.49. The molecule has 0 aliphatic carbocycles. The van der Waals surface area contributed by atoms with E-state index in [1.54, 1.807) is 12.3 Å². The molecule has 2 heterocycles. The van der Waals surface area contributed by atoms with Crippen molar-refractivity contribution in [3.05, 3.63) is 94.5 Å². The molecule has 3 aromatic rings. The van der Waals surface area contributed by atoms with Gasteiger partial charge in [0.2, 0.25) is 0 Å². The van der Waals surface area contributed by atoms with Gasteiger partial charge in [0.25, 0.3) is 0 Å². The lowest BCUT2D eigenvalue weighted by atomic mass is 9.78. The van der Waals surface area contributed by atoms with E-state index in [0.29, 0.717) is 6.42 Å². The van der Waals surface area contributed by atoms with E-state index in [9.17, 15) is 9.59 Å². The third-order valence-corrected chi connectivity index (χ3v) is 6.18. The van der Waals surface area contributed by atoms with Gasteiger partial charge in [-0.3, -0.25) is 9.36 Å². The van der Waals surface area contributed by atoms with Crippen LogP contribution in [0.5, 0.6) is 0 Å². The lowest BCUT2D eigenvalue weighted by Crippen LogP contribution is -2.48. The summed E-state index contributed by atoms with van der Waals surface area (Å²) in [6, 6.07) is 21.4. The van der Waals surface area contributed by atoms with Gasteiger partial charge in [-0.15, -0.1) is 0 Å². The Balaban J connectivity index is 1.87. The maximum absolute atomic E-state index is 12.8.